The Balaban J connectivity index is 4.70. The minimum absolute atomic E-state index is 0.0763. The Morgan fingerprint density at radius 1 is 1.35 bits per heavy atom. The molecular formula is C12H25N3O2. The van der Waals surface area contributed by atoms with Crippen LogP contribution in [0.25, 0.3) is 0 Å². The van der Waals surface area contributed by atoms with Crippen molar-refractivity contribution in [3.63, 3.8) is 0 Å². The summed E-state index contributed by atoms with van der Waals surface area (Å²) in [4.78, 5) is 25.0. The van der Waals surface area contributed by atoms with Gasteiger partial charge < -0.3 is 16.0 Å². The maximum Gasteiger partial charge on any atom is 0.240 e. The zero-order chi connectivity index (χ0) is 13.6. The Bertz CT molecular complexity index is 271. The van der Waals surface area contributed by atoms with Crippen LogP contribution in [-0.4, -0.2) is 42.9 Å². The highest BCUT2D eigenvalue weighted by molar-refractivity contribution is 5.87. The van der Waals surface area contributed by atoms with E-state index in [4.69, 9.17) is 5.73 Å². The van der Waals surface area contributed by atoms with E-state index in [1.54, 1.807) is 7.05 Å². The fourth-order valence-corrected chi connectivity index (χ4v) is 1.36. The molecule has 1 unspecified atom stereocenters. The van der Waals surface area contributed by atoms with Crippen molar-refractivity contribution in [1.29, 1.82) is 0 Å². The molecule has 0 radical (unpaired) electrons. The van der Waals surface area contributed by atoms with Gasteiger partial charge in [-0.3, -0.25) is 9.59 Å². The van der Waals surface area contributed by atoms with Gasteiger partial charge in [0, 0.05) is 13.6 Å². The SMILES string of the molecule is CCCN(CC(=O)NC)C(=O)C(N)C(C)(C)C. The molecule has 0 saturated carbocycles. The van der Waals surface area contributed by atoms with Crippen LogP contribution >= 0.6 is 0 Å². The molecule has 0 saturated heterocycles. The molecule has 0 bridgehead atoms. The number of nitrogens with two attached hydrogens (primary N) is 1. The second-order valence-corrected chi connectivity index (χ2v) is 5.28. The molecule has 0 spiro atoms. The van der Waals surface area contributed by atoms with Crippen molar-refractivity contribution in [3.8, 4) is 0 Å². The summed E-state index contributed by atoms with van der Waals surface area (Å²) in [6.45, 7) is 8.34. The van der Waals surface area contributed by atoms with Crippen molar-refractivity contribution in [2.24, 2.45) is 11.1 Å². The van der Waals surface area contributed by atoms with Crippen LogP contribution in [0.15, 0.2) is 0 Å². The van der Waals surface area contributed by atoms with Gasteiger partial charge in [0.15, 0.2) is 0 Å². The zero-order valence-electron chi connectivity index (χ0n) is 11.5. The van der Waals surface area contributed by atoms with Crippen LogP contribution in [0.2, 0.25) is 0 Å². The number of rotatable bonds is 5. The smallest absolute Gasteiger partial charge is 0.240 e. The molecule has 3 N–H and O–H groups in total. The topological polar surface area (TPSA) is 75.4 Å². The first-order chi connectivity index (χ1) is 7.73. The lowest BCUT2D eigenvalue weighted by Crippen LogP contribution is -2.52. The molecule has 0 fully saturated rings. The summed E-state index contributed by atoms with van der Waals surface area (Å²) in [6, 6.07) is -0.585. The third-order valence-corrected chi connectivity index (χ3v) is 2.62. The van der Waals surface area contributed by atoms with E-state index < -0.39 is 6.04 Å². The highest BCUT2D eigenvalue weighted by Gasteiger charge is 2.31. The molecule has 5 nitrogen and oxygen atoms in total. The minimum atomic E-state index is -0.585. The number of amides is 2. The fourth-order valence-electron chi connectivity index (χ4n) is 1.36. The average Bonchev–Trinajstić information content (AvgIpc) is 2.25. The first kappa shape index (κ1) is 15.9. The molecule has 0 aromatic carbocycles. The van der Waals surface area contributed by atoms with Gasteiger partial charge in [-0.15, -0.1) is 0 Å². The normalized spacial score (nSPS) is 13.1. The third-order valence-electron chi connectivity index (χ3n) is 2.62. The van der Waals surface area contributed by atoms with E-state index in [2.05, 4.69) is 5.32 Å². The summed E-state index contributed by atoms with van der Waals surface area (Å²) < 4.78 is 0. The van der Waals surface area contributed by atoms with E-state index in [1.165, 1.54) is 4.90 Å². The summed E-state index contributed by atoms with van der Waals surface area (Å²) in [5.74, 6) is -0.337. The fraction of sp³-hybridized carbons (Fsp3) is 0.833. The predicted molar refractivity (Wildman–Crippen MR) is 68.4 cm³/mol. The third kappa shape index (κ3) is 5.17. The molecule has 0 aliphatic heterocycles. The van der Waals surface area contributed by atoms with Gasteiger partial charge in [0.1, 0.15) is 0 Å². The van der Waals surface area contributed by atoms with Crippen LogP contribution < -0.4 is 11.1 Å². The van der Waals surface area contributed by atoms with Crippen molar-refractivity contribution >= 4 is 11.8 Å². The van der Waals surface area contributed by atoms with Crippen molar-refractivity contribution in [2.45, 2.75) is 40.2 Å². The molecule has 0 aliphatic carbocycles. The Morgan fingerprint density at radius 2 is 1.88 bits per heavy atom. The molecule has 0 aromatic rings. The summed E-state index contributed by atoms with van der Waals surface area (Å²) in [5.41, 5.74) is 5.62. The standard InChI is InChI=1S/C12H25N3O2/c1-6-7-15(8-9(16)14-5)11(17)10(13)12(2,3)4/h10H,6-8,13H2,1-5H3,(H,14,16). The summed E-state index contributed by atoms with van der Waals surface area (Å²) in [7, 11) is 1.56. The van der Waals surface area contributed by atoms with Crippen LogP contribution in [-0.2, 0) is 9.59 Å². The lowest BCUT2D eigenvalue weighted by molar-refractivity contribution is -0.138. The maximum atomic E-state index is 12.2. The van der Waals surface area contributed by atoms with Gasteiger partial charge in [-0.25, -0.2) is 0 Å². The Hall–Kier alpha value is -1.10. The predicted octanol–water partition coefficient (Wildman–Crippen LogP) is 0.344. The zero-order valence-corrected chi connectivity index (χ0v) is 11.5. The molecule has 0 aliphatic rings. The molecule has 1 atom stereocenters. The van der Waals surface area contributed by atoms with Gasteiger partial charge >= 0.3 is 0 Å². The molecule has 17 heavy (non-hydrogen) atoms. The van der Waals surface area contributed by atoms with Gasteiger partial charge in [-0.1, -0.05) is 27.7 Å². The largest absolute Gasteiger partial charge is 0.358 e. The first-order valence-corrected chi connectivity index (χ1v) is 5.99. The van der Waals surface area contributed by atoms with Crippen molar-refractivity contribution in [2.75, 3.05) is 20.1 Å². The van der Waals surface area contributed by atoms with Gasteiger partial charge in [-0.2, -0.15) is 0 Å². The highest BCUT2D eigenvalue weighted by Crippen LogP contribution is 2.19. The van der Waals surface area contributed by atoms with Crippen LogP contribution in [0.3, 0.4) is 0 Å². The van der Waals surface area contributed by atoms with Crippen LogP contribution in [0, 0.1) is 5.41 Å². The molecular weight excluding hydrogens is 218 g/mol. The van der Waals surface area contributed by atoms with Crippen molar-refractivity contribution in [1.82, 2.24) is 10.2 Å². The quantitative estimate of drug-likeness (QED) is 0.731. The van der Waals surface area contributed by atoms with E-state index in [9.17, 15) is 9.59 Å². The molecule has 5 heteroatoms. The number of nitrogens with zero attached hydrogens (tertiary/aromatic N) is 1. The Labute approximate surface area is 104 Å². The van der Waals surface area contributed by atoms with Crippen LogP contribution in [0.1, 0.15) is 34.1 Å². The average molecular weight is 243 g/mol. The van der Waals surface area contributed by atoms with Gasteiger partial charge in [0.2, 0.25) is 11.8 Å². The lowest BCUT2D eigenvalue weighted by atomic mass is 9.86. The van der Waals surface area contributed by atoms with E-state index in [-0.39, 0.29) is 23.8 Å². The number of nitrogens with one attached hydrogen (secondary N) is 1. The summed E-state index contributed by atoms with van der Waals surface area (Å²) in [6.07, 6.45) is 0.805. The number of carbonyl (C=O) groups is 2. The van der Waals surface area contributed by atoms with Crippen LogP contribution in [0.5, 0.6) is 0 Å². The molecule has 0 rings (SSSR count). The lowest BCUT2D eigenvalue weighted by Gasteiger charge is -2.31. The number of hydrogen-bond donors (Lipinski definition) is 2. The van der Waals surface area contributed by atoms with Gasteiger partial charge in [0.25, 0.3) is 0 Å². The van der Waals surface area contributed by atoms with E-state index in [0.717, 1.165) is 6.42 Å². The van der Waals surface area contributed by atoms with Gasteiger partial charge in [0.05, 0.1) is 12.6 Å². The van der Waals surface area contributed by atoms with Gasteiger partial charge in [-0.05, 0) is 11.8 Å². The van der Waals surface area contributed by atoms with E-state index >= 15 is 0 Å². The number of hydrogen-bond acceptors (Lipinski definition) is 3. The molecule has 0 aromatic heterocycles. The van der Waals surface area contributed by atoms with E-state index in [0.29, 0.717) is 6.54 Å². The van der Waals surface area contributed by atoms with Crippen LogP contribution in [0.4, 0.5) is 0 Å². The monoisotopic (exact) mass is 243 g/mol. The minimum Gasteiger partial charge on any atom is -0.358 e. The molecule has 2 amide bonds. The number of carbonyl (C=O) groups excluding carboxylic acids is 2. The van der Waals surface area contributed by atoms with E-state index in [1.807, 2.05) is 27.7 Å². The molecule has 100 valence electrons. The maximum absolute atomic E-state index is 12.2. The van der Waals surface area contributed by atoms with Crippen molar-refractivity contribution in [3.05, 3.63) is 0 Å². The summed E-state index contributed by atoms with van der Waals surface area (Å²) in [5, 5.41) is 2.51. The second-order valence-electron chi connectivity index (χ2n) is 5.28. The Kier molecular flexibility index (Phi) is 6.16. The molecule has 0 heterocycles. The summed E-state index contributed by atoms with van der Waals surface area (Å²) >= 11 is 0. The number of likely N-dealkylation sites (N-methyl/N-ethyl adjacent to an activating group) is 1. The highest BCUT2D eigenvalue weighted by atomic mass is 16.2. The Morgan fingerprint density at radius 3 is 2.24 bits per heavy atom. The second kappa shape index (κ2) is 6.59. The van der Waals surface area contributed by atoms with Crippen molar-refractivity contribution < 1.29 is 9.59 Å². The first-order valence-electron chi connectivity index (χ1n) is 5.99.